The van der Waals surface area contributed by atoms with Gasteiger partial charge in [0.2, 0.25) is 5.91 Å². The summed E-state index contributed by atoms with van der Waals surface area (Å²) in [6.45, 7) is 6.71. The molecule has 3 heteroatoms. The van der Waals surface area contributed by atoms with Gasteiger partial charge >= 0.3 is 0 Å². The number of carbonyl (C=O) groups is 1. The number of hydrogen-bond donors (Lipinski definition) is 2. The second-order valence-corrected chi connectivity index (χ2v) is 3.92. The van der Waals surface area contributed by atoms with E-state index < -0.39 is 0 Å². The van der Waals surface area contributed by atoms with Crippen LogP contribution in [0.4, 0.5) is 0 Å². The monoisotopic (exact) mass is 200 g/mol. The Hall–Kier alpha value is -0.570. The summed E-state index contributed by atoms with van der Waals surface area (Å²) >= 11 is 0. The minimum Gasteiger partial charge on any atom is -0.352 e. The SMILES string of the molecule is CCCC(CN)NC(=O)C(C)CCC. The van der Waals surface area contributed by atoms with E-state index in [9.17, 15) is 4.79 Å². The van der Waals surface area contributed by atoms with Crippen molar-refractivity contribution in [2.75, 3.05) is 6.54 Å². The predicted octanol–water partition coefficient (Wildman–Crippen LogP) is 1.67. The van der Waals surface area contributed by atoms with E-state index in [0.29, 0.717) is 6.54 Å². The number of rotatable bonds is 7. The van der Waals surface area contributed by atoms with Crippen molar-refractivity contribution in [3.8, 4) is 0 Å². The summed E-state index contributed by atoms with van der Waals surface area (Å²) < 4.78 is 0. The van der Waals surface area contributed by atoms with Crippen molar-refractivity contribution in [2.45, 2.75) is 52.5 Å². The van der Waals surface area contributed by atoms with Crippen LogP contribution in [0.1, 0.15) is 46.5 Å². The zero-order valence-electron chi connectivity index (χ0n) is 9.68. The fourth-order valence-electron chi connectivity index (χ4n) is 1.50. The van der Waals surface area contributed by atoms with Crippen molar-refractivity contribution >= 4 is 5.91 Å². The van der Waals surface area contributed by atoms with Crippen LogP contribution in [0.2, 0.25) is 0 Å². The molecule has 2 atom stereocenters. The Morgan fingerprint density at radius 1 is 1.29 bits per heavy atom. The van der Waals surface area contributed by atoms with Gasteiger partial charge in [-0.25, -0.2) is 0 Å². The molecule has 0 saturated carbocycles. The second-order valence-electron chi connectivity index (χ2n) is 3.92. The van der Waals surface area contributed by atoms with Crippen molar-refractivity contribution in [2.24, 2.45) is 11.7 Å². The molecule has 84 valence electrons. The fraction of sp³-hybridized carbons (Fsp3) is 0.909. The molecule has 0 aromatic carbocycles. The number of hydrogen-bond acceptors (Lipinski definition) is 2. The van der Waals surface area contributed by atoms with E-state index in [1.807, 2.05) is 6.92 Å². The molecule has 2 unspecified atom stereocenters. The van der Waals surface area contributed by atoms with E-state index in [0.717, 1.165) is 25.7 Å². The molecule has 0 aromatic heterocycles. The first-order valence-electron chi connectivity index (χ1n) is 5.66. The highest BCUT2D eigenvalue weighted by Gasteiger charge is 2.15. The highest BCUT2D eigenvalue weighted by atomic mass is 16.1. The molecule has 0 bridgehead atoms. The van der Waals surface area contributed by atoms with Gasteiger partial charge in [0.25, 0.3) is 0 Å². The highest BCUT2D eigenvalue weighted by molar-refractivity contribution is 5.78. The van der Waals surface area contributed by atoms with E-state index in [1.54, 1.807) is 0 Å². The molecule has 0 spiro atoms. The van der Waals surface area contributed by atoms with Gasteiger partial charge in [-0.15, -0.1) is 0 Å². The van der Waals surface area contributed by atoms with Crippen LogP contribution in [0, 0.1) is 5.92 Å². The van der Waals surface area contributed by atoms with Gasteiger partial charge in [0.1, 0.15) is 0 Å². The average molecular weight is 200 g/mol. The first-order valence-corrected chi connectivity index (χ1v) is 5.66. The lowest BCUT2D eigenvalue weighted by atomic mass is 10.0. The molecule has 3 nitrogen and oxygen atoms in total. The van der Waals surface area contributed by atoms with E-state index in [2.05, 4.69) is 19.2 Å². The van der Waals surface area contributed by atoms with Gasteiger partial charge in [-0.2, -0.15) is 0 Å². The second kappa shape index (κ2) is 7.80. The summed E-state index contributed by atoms with van der Waals surface area (Å²) in [5, 5.41) is 2.99. The molecule has 0 aliphatic heterocycles. The molecule has 0 aliphatic rings. The van der Waals surface area contributed by atoms with Gasteiger partial charge in [-0.05, 0) is 12.8 Å². The van der Waals surface area contributed by atoms with Crippen LogP contribution in [0.25, 0.3) is 0 Å². The largest absolute Gasteiger partial charge is 0.352 e. The predicted molar refractivity (Wildman–Crippen MR) is 60.0 cm³/mol. The van der Waals surface area contributed by atoms with Gasteiger partial charge in [0.15, 0.2) is 0 Å². The third kappa shape index (κ3) is 5.22. The van der Waals surface area contributed by atoms with Gasteiger partial charge in [0, 0.05) is 18.5 Å². The topological polar surface area (TPSA) is 55.1 Å². The standard InChI is InChI=1S/C11H24N2O/c1-4-6-9(3)11(14)13-10(8-12)7-5-2/h9-10H,4-8,12H2,1-3H3,(H,13,14). The van der Waals surface area contributed by atoms with Crippen molar-refractivity contribution in [3.63, 3.8) is 0 Å². The summed E-state index contributed by atoms with van der Waals surface area (Å²) in [6.07, 6.45) is 4.04. The normalized spacial score (nSPS) is 14.9. The number of carbonyl (C=O) groups excluding carboxylic acids is 1. The Labute approximate surface area is 87.4 Å². The van der Waals surface area contributed by atoms with Crippen LogP contribution in [0.15, 0.2) is 0 Å². The van der Waals surface area contributed by atoms with Crippen LogP contribution in [-0.4, -0.2) is 18.5 Å². The van der Waals surface area contributed by atoms with E-state index >= 15 is 0 Å². The summed E-state index contributed by atoms with van der Waals surface area (Å²) in [5.41, 5.74) is 5.57. The lowest BCUT2D eigenvalue weighted by Crippen LogP contribution is -2.42. The van der Waals surface area contributed by atoms with E-state index in [4.69, 9.17) is 5.73 Å². The summed E-state index contributed by atoms with van der Waals surface area (Å²) in [7, 11) is 0. The van der Waals surface area contributed by atoms with E-state index in [-0.39, 0.29) is 17.9 Å². The summed E-state index contributed by atoms with van der Waals surface area (Å²) in [4.78, 5) is 11.6. The van der Waals surface area contributed by atoms with Crippen molar-refractivity contribution in [1.29, 1.82) is 0 Å². The lowest BCUT2D eigenvalue weighted by Gasteiger charge is -2.18. The van der Waals surface area contributed by atoms with Crippen LogP contribution in [-0.2, 0) is 4.79 Å². The van der Waals surface area contributed by atoms with Gasteiger partial charge in [-0.1, -0.05) is 33.6 Å². The molecule has 1 amide bonds. The lowest BCUT2D eigenvalue weighted by molar-refractivity contribution is -0.125. The molecular formula is C11H24N2O. The van der Waals surface area contributed by atoms with Crippen molar-refractivity contribution in [1.82, 2.24) is 5.32 Å². The minimum atomic E-state index is 0.117. The Morgan fingerprint density at radius 3 is 2.29 bits per heavy atom. The molecule has 0 rings (SSSR count). The van der Waals surface area contributed by atoms with Gasteiger partial charge in [-0.3, -0.25) is 4.79 Å². The van der Waals surface area contributed by atoms with Crippen molar-refractivity contribution in [3.05, 3.63) is 0 Å². The zero-order chi connectivity index (χ0) is 11.0. The van der Waals surface area contributed by atoms with Crippen LogP contribution in [0.5, 0.6) is 0 Å². The molecule has 0 saturated heterocycles. The molecule has 0 fully saturated rings. The van der Waals surface area contributed by atoms with Gasteiger partial charge < -0.3 is 11.1 Å². The summed E-state index contributed by atoms with van der Waals surface area (Å²) in [5.74, 6) is 0.265. The van der Waals surface area contributed by atoms with Crippen molar-refractivity contribution < 1.29 is 4.79 Å². The highest BCUT2D eigenvalue weighted by Crippen LogP contribution is 2.06. The summed E-state index contributed by atoms with van der Waals surface area (Å²) in [6, 6.07) is 0.159. The first kappa shape index (κ1) is 13.4. The molecular weight excluding hydrogens is 176 g/mol. The maximum atomic E-state index is 11.6. The maximum absolute atomic E-state index is 11.6. The molecule has 0 heterocycles. The van der Waals surface area contributed by atoms with E-state index in [1.165, 1.54) is 0 Å². The quantitative estimate of drug-likeness (QED) is 0.657. The number of nitrogens with two attached hydrogens (primary N) is 1. The Balaban J connectivity index is 3.88. The number of amides is 1. The van der Waals surface area contributed by atoms with Crippen LogP contribution in [0.3, 0.4) is 0 Å². The minimum absolute atomic E-state index is 0.117. The molecule has 0 aromatic rings. The number of nitrogens with one attached hydrogen (secondary N) is 1. The molecule has 0 radical (unpaired) electrons. The molecule has 0 aliphatic carbocycles. The van der Waals surface area contributed by atoms with Crippen LogP contribution >= 0.6 is 0 Å². The Morgan fingerprint density at radius 2 is 1.86 bits per heavy atom. The zero-order valence-corrected chi connectivity index (χ0v) is 9.68. The van der Waals surface area contributed by atoms with Crippen LogP contribution < -0.4 is 11.1 Å². The average Bonchev–Trinajstić information content (AvgIpc) is 2.17. The maximum Gasteiger partial charge on any atom is 0.223 e. The third-order valence-corrected chi connectivity index (χ3v) is 2.44. The third-order valence-electron chi connectivity index (χ3n) is 2.44. The molecule has 3 N–H and O–H groups in total. The Bertz CT molecular complexity index is 159. The molecule has 14 heavy (non-hydrogen) atoms. The Kier molecular flexibility index (Phi) is 7.48. The van der Waals surface area contributed by atoms with Gasteiger partial charge in [0.05, 0.1) is 0 Å². The fourth-order valence-corrected chi connectivity index (χ4v) is 1.50. The first-order chi connectivity index (χ1) is 6.65. The smallest absolute Gasteiger partial charge is 0.223 e.